The first-order valence-corrected chi connectivity index (χ1v) is 19.8. The Morgan fingerprint density at radius 1 is 0.357 bits per heavy atom. The van der Waals surface area contributed by atoms with Gasteiger partial charge in [0.05, 0.1) is 5.41 Å². The lowest BCUT2D eigenvalue weighted by atomic mass is 9.67. The van der Waals surface area contributed by atoms with Crippen molar-refractivity contribution in [3.8, 4) is 56.4 Å². The molecule has 8 aromatic carbocycles. The molecule has 0 N–H and O–H groups in total. The van der Waals surface area contributed by atoms with E-state index in [-0.39, 0.29) is 0 Å². The van der Waals surface area contributed by atoms with E-state index in [1.54, 1.807) is 0 Å². The molecule has 262 valence electrons. The van der Waals surface area contributed by atoms with E-state index in [4.69, 9.17) is 15.0 Å². The molecule has 10 aromatic rings. The van der Waals surface area contributed by atoms with Crippen LogP contribution in [0.15, 0.2) is 200 Å². The molecule has 2 heterocycles. The van der Waals surface area contributed by atoms with E-state index >= 15 is 0 Å². The van der Waals surface area contributed by atoms with Crippen molar-refractivity contribution in [3.05, 3.63) is 222 Å². The smallest absolute Gasteiger partial charge is 0.164 e. The van der Waals surface area contributed by atoms with Crippen molar-refractivity contribution in [1.82, 2.24) is 15.0 Å². The van der Waals surface area contributed by atoms with Crippen LogP contribution >= 0.6 is 11.3 Å². The molecule has 0 radical (unpaired) electrons. The van der Waals surface area contributed by atoms with E-state index in [9.17, 15) is 0 Å². The molecular weight excluding hydrogens is 699 g/mol. The molecule has 2 aromatic heterocycles. The van der Waals surface area contributed by atoms with Gasteiger partial charge in [0.2, 0.25) is 0 Å². The normalized spacial score (nSPS) is 12.8. The maximum absolute atomic E-state index is 5.27. The fourth-order valence-electron chi connectivity index (χ4n) is 8.83. The highest BCUT2D eigenvalue weighted by molar-refractivity contribution is 7.26. The first-order chi connectivity index (χ1) is 27.8. The maximum Gasteiger partial charge on any atom is 0.164 e. The van der Waals surface area contributed by atoms with Crippen molar-refractivity contribution in [2.24, 2.45) is 0 Å². The second kappa shape index (κ2) is 13.1. The van der Waals surface area contributed by atoms with Gasteiger partial charge in [-0.25, -0.2) is 15.0 Å². The number of nitrogens with zero attached hydrogens (tertiary/aromatic N) is 3. The summed E-state index contributed by atoms with van der Waals surface area (Å²) < 4.78 is 2.48. The number of hydrogen-bond donors (Lipinski definition) is 0. The lowest BCUT2D eigenvalue weighted by Crippen LogP contribution is -2.28. The molecule has 1 aliphatic rings. The Hall–Kier alpha value is -7.01. The van der Waals surface area contributed by atoms with Crippen molar-refractivity contribution < 1.29 is 0 Å². The molecule has 3 nitrogen and oxygen atoms in total. The molecule has 1 aliphatic carbocycles. The van der Waals surface area contributed by atoms with Crippen molar-refractivity contribution in [3.63, 3.8) is 0 Å². The number of hydrogen-bond acceptors (Lipinski definition) is 4. The highest BCUT2D eigenvalue weighted by Crippen LogP contribution is 2.57. The van der Waals surface area contributed by atoms with E-state index in [1.165, 1.54) is 53.6 Å². The van der Waals surface area contributed by atoms with Gasteiger partial charge >= 0.3 is 0 Å². The summed E-state index contributed by atoms with van der Waals surface area (Å²) in [6, 6.07) is 71.7. The van der Waals surface area contributed by atoms with Gasteiger partial charge < -0.3 is 0 Å². The third kappa shape index (κ3) is 5.00. The van der Waals surface area contributed by atoms with Crippen LogP contribution in [0, 0.1) is 0 Å². The minimum absolute atomic E-state index is 0.524. The van der Waals surface area contributed by atoms with Gasteiger partial charge in [0, 0.05) is 42.4 Å². The van der Waals surface area contributed by atoms with Gasteiger partial charge in [0.1, 0.15) is 0 Å². The minimum Gasteiger partial charge on any atom is -0.208 e. The van der Waals surface area contributed by atoms with E-state index in [1.807, 2.05) is 47.7 Å². The molecule has 0 atom stereocenters. The van der Waals surface area contributed by atoms with E-state index in [0.29, 0.717) is 17.5 Å². The van der Waals surface area contributed by atoms with Crippen molar-refractivity contribution >= 4 is 31.5 Å². The van der Waals surface area contributed by atoms with Crippen LogP contribution in [0.1, 0.15) is 22.3 Å². The number of aromatic nitrogens is 3. The molecule has 0 amide bonds. The molecule has 56 heavy (non-hydrogen) atoms. The molecule has 0 saturated carbocycles. The van der Waals surface area contributed by atoms with Crippen LogP contribution in [0.3, 0.4) is 0 Å². The predicted octanol–water partition coefficient (Wildman–Crippen LogP) is 13.3. The Morgan fingerprint density at radius 3 is 1.54 bits per heavy atom. The second-order valence-electron chi connectivity index (χ2n) is 14.3. The predicted molar refractivity (Wildman–Crippen MR) is 232 cm³/mol. The van der Waals surface area contributed by atoms with Crippen LogP contribution in [0.2, 0.25) is 0 Å². The molecule has 0 bridgehead atoms. The summed E-state index contributed by atoms with van der Waals surface area (Å²) in [5.41, 5.74) is 12.1. The molecule has 11 rings (SSSR count). The first kappa shape index (κ1) is 32.4. The van der Waals surface area contributed by atoms with Gasteiger partial charge in [-0.05, 0) is 63.2 Å². The van der Waals surface area contributed by atoms with Gasteiger partial charge in [-0.1, -0.05) is 176 Å². The van der Waals surface area contributed by atoms with Crippen LogP contribution in [0.25, 0.3) is 76.6 Å². The molecule has 0 spiro atoms. The zero-order chi connectivity index (χ0) is 37.1. The first-order valence-electron chi connectivity index (χ1n) is 18.9. The maximum atomic E-state index is 5.27. The molecule has 0 unspecified atom stereocenters. The monoisotopic (exact) mass is 731 g/mol. The zero-order valence-corrected chi connectivity index (χ0v) is 31.1. The van der Waals surface area contributed by atoms with Gasteiger partial charge in [-0.2, -0.15) is 0 Å². The quantitative estimate of drug-likeness (QED) is 0.171. The molecule has 0 aliphatic heterocycles. The summed E-state index contributed by atoms with van der Waals surface area (Å²) in [6.07, 6.45) is 0. The topological polar surface area (TPSA) is 38.7 Å². The summed E-state index contributed by atoms with van der Waals surface area (Å²) in [6.45, 7) is 0. The second-order valence-corrected chi connectivity index (χ2v) is 15.4. The van der Waals surface area contributed by atoms with E-state index < -0.39 is 5.41 Å². The van der Waals surface area contributed by atoms with Gasteiger partial charge in [0.15, 0.2) is 17.5 Å². The minimum atomic E-state index is -0.524. The number of benzene rings is 8. The van der Waals surface area contributed by atoms with Crippen molar-refractivity contribution in [2.45, 2.75) is 5.41 Å². The zero-order valence-electron chi connectivity index (χ0n) is 30.3. The number of rotatable bonds is 6. The Labute approximate surface area is 329 Å². The van der Waals surface area contributed by atoms with Gasteiger partial charge in [0.25, 0.3) is 0 Å². The molecule has 0 saturated heterocycles. The Bertz CT molecular complexity index is 2970. The average molecular weight is 732 g/mol. The van der Waals surface area contributed by atoms with Crippen LogP contribution < -0.4 is 0 Å². The van der Waals surface area contributed by atoms with Crippen molar-refractivity contribution in [1.29, 1.82) is 0 Å². The summed E-state index contributed by atoms with van der Waals surface area (Å²) in [7, 11) is 0. The van der Waals surface area contributed by atoms with Gasteiger partial charge in [-0.15, -0.1) is 11.3 Å². The van der Waals surface area contributed by atoms with Crippen LogP contribution in [0.5, 0.6) is 0 Å². The summed E-state index contributed by atoms with van der Waals surface area (Å²) >= 11 is 1.83. The Kier molecular flexibility index (Phi) is 7.58. The SMILES string of the molecule is c1ccc(-c2nc(-c3ccccc3)nc(-c3ccc4sc5ccccc5c4c3-c3ccc4c(c3)C(c3ccccc3)(c3ccccc3)c3ccccc3-4)n2)cc1. The fraction of sp³-hybridized carbons (Fsp3) is 0.0192. The Morgan fingerprint density at radius 2 is 0.875 bits per heavy atom. The van der Waals surface area contributed by atoms with Crippen LogP contribution in [-0.2, 0) is 5.41 Å². The summed E-state index contributed by atoms with van der Waals surface area (Å²) in [5.74, 6) is 1.94. The largest absolute Gasteiger partial charge is 0.208 e. The standard InChI is InChI=1S/C52H33N3S/c1-5-17-34(18-6-1)49-53-50(35-19-7-2-8-20-35)55-51(54-49)42-31-32-46-48(41-26-14-16-28-45(41)56-46)47(42)36-29-30-40-39-25-13-15-27-43(39)52(44(40)33-36,37-21-9-3-10-22-37)38-23-11-4-12-24-38/h1-33H. The summed E-state index contributed by atoms with van der Waals surface area (Å²) in [4.78, 5) is 15.6. The van der Waals surface area contributed by atoms with Crippen molar-refractivity contribution in [2.75, 3.05) is 0 Å². The molecule has 0 fully saturated rings. The third-order valence-corrected chi connectivity index (χ3v) is 12.4. The molecular formula is C52H33N3S. The van der Waals surface area contributed by atoms with Crippen LogP contribution in [0.4, 0.5) is 0 Å². The van der Waals surface area contributed by atoms with E-state index in [0.717, 1.165) is 27.8 Å². The van der Waals surface area contributed by atoms with Crippen LogP contribution in [-0.4, -0.2) is 15.0 Å². The van der Waals surface area contributed by atoms with E-state index in [2.05, 4.69) is 164 Å². The van der Waals surface area contributed by atoms with Gasteiger partial charge in [-0.3, -0.25) is 0 Å². The highest BCUT2D eigenvalue weighted by atomic mass is 32.1. The fourth-order valence-corrected chi connectivity index (χ4v) is 9.95. The average Bonchev–Trinajstić information content (AvgIpc) is 3.81. The summed E-state index contributed by atoms with van der Waals surface area (Å²) in [5, 5.41) is 2.44. The lowest BCUT2D eigenvalue weighted by Gasteiger charge is -2.34. The lowest BCUT2D eigenvalue weighted by molar-refractivity contribution is 0.769. The third-order valence-electron chi connectivity index (χ3n) is 11.2. The number of fused-ring (bicyclic) bond motifs is 6. The highest BCUT2D eigenvalue weighted by Gasteiger charge is 2.46. The molecule has 4 heteroatoms. The number of thiophene rings is 1. The Balaban J connectivity index is 1.24.